The standard InChI is InChI=1S/C47H27N3O/c1-3-12-28(13-4-1)31-24-25-36(33-19-8-7-18-32(31)33)46-48-45(30-14-5-2-6-15-30)49-47(50-46)37-22-11-23-41-44(37)40-26-38-34-20-9-16-29-17-10-21-35(43(29)34)39(38)27-42(40)51-41/h1-27H. The second-order valence-corrected chi connectivity index (χ2v) is 13.1. The maximum absolute atomic E-state index is 6.61. The fourth-order valence-electron chi connectivity index (χ4n) is 7.99. The van der Waals surface area contributed by atoms with Crippen LogP contribution in [0.4, 0.5) is 0 Å². The van der Waals surface area contributed by atoms with Crippen LogP contribution in [-0.2, 0) is 0 Å². The molecule has 1 aliphatic carbocycles. The summed E-state index contributed by atoms with van der Waals surface area (Å²) in [6.45, 7) is 0. The third-order valence-electron chi connectivity index (χ3n) is 10.3. The molecule has 0 amide bonds. The summed E-state index contributed by atoms with van der Waals surface area (Å²) in [5.74, 6) is 1.86. The summed E-state index contributed by atoms with van der Waals surface area (Å²) in [7, 11) is 0. The van der Waals surface area contributed by atoms with Crippen molar-refractivity contribution in [3.63, 3.8) is 0 Å². The Kier molecular flexibility index (Phi) is 5.92. The Morgan fingerprint density at radius 1 is 0.314 bits per heavy atom. The van der Waals surface area contributed by atoms with Crippen LogP contribution in [0.15, 0.2) is 168 Å². The molecule has 0 aliphatic heterocycles. The van der Waals surface area contributed by atoms with E-state index in [0.717, 1.165) is 49.4 Å². The van der Waals surface area contributed by atoms with E-state index < -0.39 is 0 Å². The van der Waals surface area contributed by atoms with Gasteiger partial charge in [-0.2, -0.15) is 0 Å². The van der Waals surface area contributed by atoms with Crippen molar-refractivity contribution in [2.75, 3.05) is 0 Å². The fraction of sp³-hybridized carbons (Fsp3) is 0. The zero-order chi connectivity index (χ0) is 33.5. The lowest BCUT2D eigenvalue weighted by Gasteiger charge is -2.13. The Hall–Kier alpha value is -6.91. The van der Waals surface area contributed by atoms with Crippen LogP contribution in [0.25, 0.3) is 111 Å². The molecule has 236 valence electrons. The van der Waals surface area contributed by atoms with E-state index in [4.69, 9.17) is 19.4 Å². The molecule has 0 fully saturated rings. The van der Waals surface area contributed by atoms with Gasteiger partial charge in [-0.15, -0.1) is 0 Å². The number of rotatable bonds is 4. The monoisotopic (exact) mass is 649 g/mol. The molecule has 2 aromatic heterocycles. The van der Waals surface area contributed by atoms with E-state index in [0.29, 0.717) is 17.5 Å². The number of fused-ring (bicyclic) bond motifs is 7. The molecule has 0 saturated heterocycles. The molecular weight excluding hydrogens is 623 g/mol. The Morgan fingerprint density at radius 3 is 1.63 bits per heavy atom. The highest BCUT2D eigenvalue weighted by atomic mass is 16.3. The van der Waals surface area contributed by atoms with Crippen LogP contribution < -0.4 is 0 Å². The van der Waals surface area contributed by atoms with Gasteiger partial charge in [-0.05, 0) is 79.2 Å². The average Bonchev–Trinajstić information content (AvgIpc) is 3.73. The SMILES string of the molecule is c1ccc(-c2nc(-c3ccc(-c4ccccc4)c4ccccc34)nc(-c3cccc4oc5cc6c(cc5c34)-c3cccc4cccc-6c34)n2)cc1. The highest BCUT2D eigenvalue weighted by molar-refractivity contribution is 6.20. The molecule has 4 nitrogen and oxygen atoms in total. The Bertz CT molecular complexity index is 3010. The normalized spacial score (nSPS) is 11.9. The first-order valence-corrected chi connectivity index (χ1v) is 17.2. The maximum atomic E-state index is 6.61. The summed E-state index contributed by atoms with van der Waals surface area (Å²) >= 11 is 0. The molecule has 2 heterocycles. The topological polar surface area (TPSA) is 51.8 Å². The van der Waals surface area contributed by atoms with Crippen molar-refractivity contribution < 1.29 is 4.42 Å². The number of furan rings is 1. The number of nitrogens with zero attached hydrogens (tertiary/aromatic N) is 3. The van der Waals surface area contributed by atoms with Crippen molar-refractivity contribution in [1.29, 1.82) is 0 Å². The van der Waals surface area contributed by atoms with Gasteiger partial charge in [0.25, 0.3) is 0 Å². The summed E-state index contributed by atoms with van der Waals surface area (Å²) in [5.41, 5.74) is 11.7. The van der Waals surface area contributed by atoms with Crippen molar-refractivity contribution in [1.82, 2.24) is 15.0 Å². The van der Waals surface area contributed by atoms with E-state index in [-0.39, 0.29) is 0 Å². The quantitative estimate of drug-likeness (QED) is 0.190. The van der Waals surface area contributed by atoms with E-state index in [1.165, 1.54) is 44.2 Å². The number of aromatic nitrogens is 3. The number of hydrogen-bond acceptors (Lipinski definition) is 4. The average molecular weight is 650 g/mol. The molecule has 0 spiro atoms. The summed E-state index contributed by atoms with van der Waals surface area (Å²) in [5, 5.41) is 6.83. The zero-order valence-electron chi connectivity index (χ0n) is 27.3. The first-order chi connectivity index (χ1) is 25.3. The van der Waals surface area contributed by atoms with Gasteiger partial charge in [0.1, 0.15) is 11.2 Å². The van der Waals surface area contributed by atoms with Crippen LogP contribution >= 0.6 is 0 Å². The second kappa shape index (κ2) is 10.8. The molecule has 1 aliphatic rings. The van der Waals surface area contributed by atoms with Gasteiger partial charge < -0.3 is 4.42 Å². The molecule has 0 bridgehead atoms. The Balaban J connectivity index is 1.16. The number of hydrogen-bond donors (Lipinski definition) is 0. The predicted octanol–water partition coefficient (Wildman–Crippen LogP) is 12.4. The van der Waals surface area contributed by atoms with Gasteiger partial charge >= 0.3 is 0 Å². The van der Waals surface area contributed by atoms with Gasteiger partial charge in [0, 0.05) is 27.5 Å². The molecule has 0 saturated carbocycles. The molecule has 11 rings (SSSR count). The molecular formula is C47H27N3O. The van der Waals surface area contributed by atoms with Crippen LogP contribution in [0.5, 0.6) is 0 Å². The highest BCUT2D eigenvalue weighted by Crippen LogP contribution is 2.50. The third kappa shape index (κ3) is 4.23. The largest absolute Gasteiger partial charge is 0.456 e. The Labute approximate surface area is 293 Å². The minimum Gasteiger partial charge on any atom is -0.456 e. The lowest BCUT2D eigenvalue weighted by atomic mass is 9.94. The van der Waals surface area contributed by atoms with Crippen molar-refractivity contribution >= 4 is 43.5 Å². The van der Waals surface area contributed by atoms with Gasteiger partial charge in [-0.25, -0.2) is 15.0 Å². The van der Waals surface area contributed by atoms with Crippen LogP contribution in [0.3, 0.4) is 0 Å². The maximum Gasteiger partial charge on any atom is 0.164 e. The molecule has 0 N–H and O–H groups in total. The van der Waals surface area contributed by atoms with E-state index in [1.54, 1.807) is 0 Å². The molecule has 8 aromatic carbocycles. The van der Waals surface area contributed by atoms with Crippen LogP contribution in [0.2, 0.25) is 0 Å². The lowest BCUT2D eigenvalue weighted by molar-refractivity contribution is 0.669. The second-order valence-electron chi connectivity index (χ2n) is 13.1. The fourth-order valence-corrected chi connectivity index (χ4v) is 7.99. The first kappa shape index (κ1) is 28.0. The minimum atomic E-state index is 0.606. The van der Waals surface area contributed by atoms with E-state index >= 15 is 0 Å². The smallest absolute Gasteiger partial charge is 0.164 e. The Morgan fingerprint density at radius 2 is 0.882 bits per heavy atom. The van der Waals surface area contributed by atoms with Gasteiger partial charge in [-0.3, -0.25) is 0 Å². The molecule has 51 heavy (non-hydrogen) atoms. The summed E-state index contributed by atoms with van der Waals surface area (Å²) < 4.78 is 6.61. The van der Waals surface area contributed by atoms with E-state index in [9.17, 15) is 0 Å². The van der Waals surface area contributed by atoms with Crippen molar-refractivity contribution in [3.8, 4) is 67.5 Å². The van der Waals surface area contributed by atoms with Crippen LogP contribution in [0.1, 0.15) is 0 Å². The minimum absolute atomic E-state index is 0.606. The summed E-state index contributed by atoms with van der Waals surface area (Å²) in [4.78, 5) is 15.5. The highest BCUT2D eigenvalue weighted by Gasteiger charge is 2.25. The molecule has 10 aromatic rings. The summed E-state index contributed by atoms with van der Waals surface area (Å²) in [6, 6.07) is 57.3. The molecule has 0 atom stereocenters. The predicted molar refractivity (Wildman–Crippen MR) is 208 cm³/mol. The van der Waals surface area contributed by atoms with E-state index in [1.807, 2.05) is 36.4 Å². The van der Waals surface area contributed by atoms with Gasteiger partial charge in [0.15, 0.2) is 17.5 Å². The first-order valence-electron chi connectivity index (χ1n) is 17.2. The molecule has 4 heteroatoms. The van der Waals surface area contributed by atoms with Crippen molar-refractivity contribution in [3.05, 3.63) is 164 Å². The molecule has 0 unspecified atom stereocenters. The zero-order valence-corrected chi connectivity index (χ0v) is 27.3. The van der Waals surface area contributed by atoms with Crippen molar-refractivity contribution in [2.24, 2.45) is 0 Å². The van der Waals surface area contributed by atoms with Gasteiger partial charge in [0.2, 0.25) is 0 Å². The molecule has 0 radical (unpaired) electrons. The summed E-state index contributed by atoms with van der Waals surface area (Å²) in [6.07, 6.45) is 0. The van der Waals surface area contributed by atoms with Crippen molar-refractivity contribution in [2.45, 2.75) is 0 Å². The number of benzene rings is 8. The van der Waals surface area contributed by atoms with Crippen LogP contribution in [0, 0.1) is 0 Å². The van der Waals surface area contributed by atoms with Gasteiger partial charge in [0.05, 0.1) is 0 Å². The van der Waals surface area contributed by atoms with Gasteiger partial charge in [-0.1, -0.05) is 140 Å². The van der Waals surface area contributed by atoms with Crippen LogP contribution in [-0.4, -0.2) is 15.0 Å². The third-order valence-corrected chi connectivity index (χ3v) is 10.3. The lowest BCUT2D eigenvalue weighted by Crippen LogP contribution is -2.01. The van der Waals surface area contributed by atoms with E-state index in [2.05, 4.69) is 127 Å².